The van der Waals surface area contributed by atoms with Crippen molar-refractivity contribution in [1.82, 2.24) is 5.32 Å². The number of carbonyl (C=O) groups excluding carboxylic acids is 1. The first kappa shape index (κ1) is 24.3. The molecule has 7 heteroatoms. The zero-order valence-electron chi connectivity index (χ0n) is 17.7. The van der Waals surface area contributed by atoms with Gasteiger partial charge in [0.2, 0.25) is 0 Å². The molecule has 33 heavy (non-hydrogen) atoms. The Hall–Kier alpha value is -3.39. The van der Waals surface area contributed by atoms with Gasteiger partial charge in [0.25, 0.3) is 5.91 Å². The molecule has 3 aromatic rings. The maximum absolute atomic E-state index is 12.6. The van der Waals surface area contributed by atoms with E-state index < -0.39 is 5.91 Å². The highest BCUT2D eigenvalue weighted by Crippen LogP contribution is 2.36. The van der Waals surface area contributed by atoms with Crippen LogP contribution in [0, 0.1) is 22.7 Å². The number of nitriles is 2. The maximum atomic E-state index is 12.6. The number of nitrogens with one attached hydrogen (secondary N) is 1. The summed E-state index contributed by atoms with van der Waals surface area (Å²) in [7, 11) is 0. The van der Waals surface area contributed by atoms with Crippen LogP contribution >= 0.6 is 31.9 Å². The van der Waals surface area contributed by atoms with Crippen molar-refractivity contribution < 1.29 is 9.53 Å². The van der Waals surface area contributed by atoms with E-state index >= 15 is 0 Å². The third-order valence-electron chi connectivity index (χ3n) is 4.85. The molecular formula is C26H19Br2N3O2. The highest BCUT2D eigenvalue weighted by Gasteiger charge is 2.15. The molecule has 3 aromatic carbocycles. The fourth-order valence-electron chi connectivity index (χ4n) is 3.12. The molecule has 1 amide bonds. The molecule has 0 saturated heterocycles. The van der Waals surface area contributed by atoms with Gasteiger partial charge in [0.05, 0.1) is 26.6 Å². The molecule has 0 radical (unpaired) electrons. The van der Waals surface area contributed by atoms with Crippen molar-refractivity contribution in [3.63, 3.8) is 0 Å². The van der Waals surface area contributed by atoms with Crippen LogP contribution in [0.15, 0.2) is 81.2 Å². The zero-order chi connectivity index (χ0) is 23.8. The van der Waals surface area contributed by atoms with E-state index in [1.54, 1.807) is 24.3 Å². The van der Waals surface area contributed by atoms with Gasteiger partial charge in [0.1, 0.15) is 24.0 Å². The summed E-state index contributed by atoms with van der Waals surface area (Å²) in [4.78, 5) is 12.6. The van der Waals surface area contributed by atoms with Gasteiger partial charge in [-0.05, 0) is 74.2 Å². The Morgan fingerprint density at radius 2 is 1.70 bits per heavy atom. The average Bonchev–Trinajstić information content (AvgIpc) is 2.82. The van der Waals surface area contributed by atoms with Gasteiger partial charge < -0.3 is 10.1 Å². The summed E-state index contributed by atoms with van der Waals surface area (Å²) in [6, 6.07) is 24.2. The Morgan fingerprint density at radius 1 is 1.06 bits per heavy atom. The third-order valence-corrected chi connectivity index (χ3v) is 6.03. The van der Waals surface area contributed by atoms with Crippen LogP contribution < -0.4 is 10.1 Å². The second-order valence-corrected chi connectivity index (χ2v) is 8.86. The van der Waals surface area contributed by atoms with Gasteiger partial charge >= 0.3 is 0 Å². The van der Waals surface area contributed by atoms with E-state index in [0.717, 1.165) is 11.1 Å². The van der Waals surface area contributed by atoms with Gasteiger partial charge in [-0.2, -0.15) is 10.5 Å². The molecule has 0 fully saturated rings. The normalized spacial score (nSPS) is 11.7. The van der Waals surface area contributed by atoms with E-state index in [0.29, 0.717) is 25.8 Å². The summed E-state index contributed by atoms with van der Waals surface area (Å²) in [5, 5.41) is 21.6. The van der Waals surface area contributed by atoms with Crippen LogP contribution in [0.3, 0.4) is 0 Å². The molecule has 1 atom stereocenters. The number of benzene rings is 3. The van der Waals surface area contributed by atoms with Crippen LogP contribution in [0.5, 0.6) is 5.75 Å². The molecule has 0 unspecified atom stereocenters. The molecule has 3 rings (SSSR count). The van der Waals surface area contributed by atoms with Crippen molar-refractivity contribution in [2.24, 2.45) is 0 Å². The Balaban J connectivity index is 1.76. The molecule has 0 aromatic heterocycles. The van der Waals surface area contributed by atoms with Crippen molar-refractivity contribution in [3.8, 4) is 17.9 Å². The van der Waals surface area contributed by atoms with Crippen molar-refractivity contribution in [1.29, 1.82) is 10.5 Å². The molecule has 0 saturated carbocycles. The van der Waals surface area contributed by atoms with Crippen molar-refractivity contribution in [3.05, 3.63) is 104 Å². The summed E-state index contributed by atoms with van der Waals surface area (Å²) in [5.41, 5.74) is 2.93. The summed E-state index contributed by atoms with van der Waals surface area (Å²) in [6.45, 7) is 2.09. The van der Waals surface area contributed by atoms with Crippen LogP contribution in [0.2, 0.25) is 0 Å². The molecule has 0 spiro atoms. The average molecular weight is 565 g/mol. The smallest absolute Gasteiger partial charge is 0.262 e. The first-order valence-electron chi connectivity index (χ1n) is 10.0. The monoisotopic (exact) mass is 563 g/mol. The molecule has 1 N–H and O–H groups in total. The minimum absolute atomic E-state index is 0.00630. The number of rotatable bonds is 7. The van der Waals surface area contributed by atoms with Gasteiger partial charge in [-0.15, -0.1) is 0 Å². The molecule has 164 valence electrons. The van der Waals surface area contributed by atoms with E-state index in [9.17, 15) is 15.3 Å². The van der Waals surface area contributed by atoms with Gasteiger partial charge in [-0.25, -0.2) is 0 Å². The van der Waals surface area contributed by atoms with Gasteiger partial charge in [-0.3, -0.25) is 4.79 Å². The third kappa shape index (κ3) is 6.32. The standard InChI is InChI=1S/C26H19Br2N3O2/c1-17(19-7-3-2-4-8-19)31-26(32)22(15-30)11-18-12-23(27)25(24(28)13-18)33-16-21-10-6-5-9-20(21)14-29/h2-13,17H,16H2,1H3,(H,31,32)/b22-11-/t17-/m0/s1. The maximum Gasteiger partial charge on any atom is 0.262 e. The lowest BCUT2D eigenvalue weighted by Gasteiger charge is -2.14. The number of amides is 1. The lowest BCUT2D eigenvalue weighted by molar-refractivity contribution is -0.117. The van der Waals surface area contributed by atoms with Gasteiger partial charge in [0.15, 0.2) is 0 Å². The molecule has 0 aliphatic rings. The molecule has 0 bridgehead atoms. The molecule has 0 heterocycles. The second kappa shape index (κ2) is 11.5. The van der Waals surface area contributed by atoms with Crippen LogP contribution in [-0.4, -0.2) is 5.91 Å². The van der Waals surface area contributed by atoms with E-state index in [1.807, 2.05) is 55.5 Å². The second-order valence-electron chi connectivity index (χ2n) is 7.15. The predicted molar refractivity (Wildman–Crippen MR) is 134 cm³/mol. The Kier molecular flexibility index (Phi) is 8.43. The predicted octanol–water partition coefficient (Wildman–Crippen LogP) is 6.45. The molecule has 0 aliphatic heterocycles. The highest BCUT2D eigenvalue weighted by molar-refractivity contribution is 9.11. The number of halogens is 2. The van der Waals surface area contributed by atoms with Gasteiger partial charge in [0, 0.05) is 5.56 Å². The minimum Gasteiger partial charge on any atom is -0.486 e. The lowest BCUT2D eigenvalue weighted by Crippen LogP contribution is -2.27. The van der Waals surface area contributed by atoms with E-state index in [-0.39, 0.29) is 18.2 Å². The summed E-state index contributed by atoms with van der Waals surface area (Å²) >= 11 is 6.99. The number of carbonyl (C=O) groups is 1. The van der Waals surface area contributed by atoms with Crippen molar-refractivity contribution in [2.45, 2.75) is 19.6 Å². The Bertz CT molecular complexity index is 1250. The minimum atomic E-state index is -0.450. The largest absolute Gasteiger partial charge is 0.486 e. The fraction of sp³-hybridized carbons (Fsp3) is 0.115. The zero-order valence-corrected chi connectivity index (χ0v) is 20.9. The summed E-state index contributed by atoms with van der Waals surface area (Å²) in [5.74, 6) is 0.107. The van der Waals surface area contributed by atoms with Crippen LogP contribution in [0.1, 0.15) is 35.2 Å². The first-order valence-corrected chi connectivity index (χ1v) is 11.6. The van der Waals surface area contributed by atoms with Gasteiger partial charge in [-0.1, -0.05) is 48.5 Å². The Labute approximate surface area is 209 Å². The number of nitrogens with zero attached hydrogens (tertiary/aromatic N) is 2. The molecular weight excluding hydrogens is 546 g/mol. The van der Waals surface area contributed by atoms with E-state index in [4.69, 9.17) is 4.74 Å². The summed E-state index contributed by atoms with van der Waals surface area (Å²) < 4.78 is 7.21. The van der Waals surface area contributed by atoms with E-state index in [2.05, 4.69) is 43.2 Å². The fourth-order valence-corrected chi connectivity index (χ4v) is 4.57. The van der Waals surface area contributed by atoms with Crippen LogP contribution in [-0.2, 0) is 11.4 Å². The van der Waals surface area contributed by atoms with E-state index in [1.165, 1.54) is 6.08 Å². The highest BCUT2D eigenvalue weighted by atomic mass is 79.9. The summed E-state index contributed by atoms with van der Waals surface area (Å²) in [6.07, 6.45) is 1.53. The van der Waals surface area contributed by atoms with Crippen molar-refractivity contribution in [2.75, 3.05) is 0 Å². The molecule has 0 aliphatic carbocycles. The quantitative estimate of drug-likeness (QED) is 0.264. The van der Waals surface area contributed by atoms with Crippen molar-refractivity contribution >= 4 is 43.8 Å². The number of hydrogen-bond acceptors (Lipinski definition) is 4. The van der Waals surface area contributed by atoms with Crippen LogP contribution in [0.4, 0.5) is 0 Å². The Morgan fingerprint density at radius 3 is 2.33 bits per heavy atom. The lowest BCUT2D eigenvalue weighted by atomic mass is 10.1. The number of hydrogen-bond donors (Lipinski definition) is 1. The molecule has 5 nitrogen and oxygen atoms in total. The SMILES string of the molecule is C[C@H](NC(=O)/C(C#N)=C\c1cc(Br)c(OCc2ccccc2C#N)c(Br)c1)c1ccccc1. The first-order chi connectivity index (χ1) is 15.9. The van der Waals surface area contributed by atoms with Crippen LogP contribution in [0.25, 0.3) is 6.08 Å². The topological polar surface area (TPSA) is 85.9 Å². The number of ether oxygens (including phenoxy) is 1.